The van der Waals surface area contributed by atoms with Crippen molar-refractivity contribution >= 4 is 6.09 Å². The number of amides is 1. The molecule has 0 aliphatic carbocycles. The Kier molecular flexibility index (Phi) is 3.54. The van der Waals surface area contributed by atoms with Crippen LogP contribution in [0.4, 0.5) is 4.79 Å². The van der Waals surface area contributed by atoms with Gasteiger partial charge < -0.3 is 20.2 Å². The largest absolute Gasteiger partial charge is 0.465 e. The Bertz CT molecular complexity index is 438. The predicted octanol–water partition coefficient (Wildman–Crippen LogP) is 1.14. The molecule has 0 unspecified atom stereocenters. The molecule has 1 saturated heterocycles. The van der Waals surface area contributed by atoms with Crippen molar-refractivity contribution in [2.75, 3.05) is 13.1 Å². The fourth-order valence-corrected chi connectivity index (χ4v) is 2.45. The van der Waals surface area contributed by atoms with Crippen LogP contribution in [0.3, 0.4) is 0 Å². The normalized spacial score (nSPS) is 18.7. The van der Waals surface area contributed by atoms with E-state index in [2.05, 4.69) is 0 Å². The van der Waals surface area contributed by atoms with Crippen molar-refractivity contribution in [3.05, 3.63) is 35.4 Å². The number of rotatable bonds is 2. The van der Waals surface area contributed by atoms with Crippen molar-refractivity contribution < 1.29 is 20.1 Å². The molecule has 5 heteroatoms. The minimum absolute atomic E-state index is 0.124. The van der Waals surface area contributed by atoms with Crippen molar-refractivity contribution in [3.8, 4) is 0 Å². The minimum Gasteiger partial charge on any atom is -0.465 e. The SMILES string of the molecule is O=C(O)N1CCC(O)(c2ccccc2CO)CC1. The number of nitrogens with zero attached hydrogens (tertiary/aromatic N) is 1. The summed E-state index contributed by atoms with van der Waals surface area (Å²) in [5.74, 6) is 0. The summed E-state index contributed by atoms with van der Waals surface area (Å²) in [5.41, 5.74) is 0.368. The van der Waals surface area contributed by atoms with Crippen molar-refractivity contribution in [2.24, 2.45) is 0 Å². The lowest BCUT2D eigenvalue weighted by Gasteiger charge is -2.38. The number of likely N-dealkylation sites (tertiary alicyclic amines) is 1. The van der Waals surface area contributed by atoms with Gasteiger partial charge in [-0.1, -0.05) is 24.3 Å². The zero-order valence-corrected chi connectivity index (χ0v) is 10.0. The van der Waals surface area contributed by atoms with E-state index in [1.54, 1.807) is 12.1 Å². The molecule has 1 aliphatic heterocycles. The molecular weight excluding hydrogens is 234 g/mol. The third kappa shape index (κ3) is 2.32. The highest BCUT2D eigenvalue weighted by Crippen LogP contribution is 2.34. The summed E-state index contributed by atoms with van der Waals surface area (Å²) in [6.45, 7) is 0.498. The minimum atomic E-state index is -1.04. The second-order valence-corrected chi connectivity index (χ2v) is 4.62. The summed E-state index contributed by atoms with van der Waals surface area (Å²) < 4.78 is 0. The van der Waals surface area contributed by atoms with E-state index in [1.807, 2.05) is 12.1 Å². The van der Waals surface area contributed by atoms with Crippen LogP contribution in [0.15, 0.2) is 24.3 Å². The molecule has 0 spiro atoms. The van der Waals surface area contributed by atoms with E-state index in [0.29, 0.717) is 37.1 Å². The maximum absolute atomic E-state index is 10.8. The number of benzene rings is 1. The smallest absolute Gasteiger partial charge is 0.407 e. The highest BCUT2D eigenvalue weighted by Gasteiger charge is 2.36. The summed E-state index contributed by atoms with van der Waals surface area (Å²) in [4.78, 5) is 12.1. The van der Waals surface area contributed by atoms with Gasteiger partial charge in [0.25, 0.3) is 0 Å². The molecule has 0 radical (unpaired) electrons. The van der Waals surface area contributed by atoms with E-state index < -0.39 is 11.7 Å². The van der Waals surface area contributed by atoms with Crippen LogP contribution in [0.25, 0.3) is 0 Å². The predicted molar refractivity (Wildman–Crippen MR) is 65.1 cm³/mol. The molecule has 1 aliphatic rings. The number of hydrogen-bond donors (Lipinski definition) is 3. The molecule has 5 nitrogen and oxygen atoms in total. The van der Waals surface area contributed by atoms with E-state index in [4.69, 9.17) is 5.11 Å². The maximum atomic E-state index is 10.8. The zero-order chi connectivity index (χ0) is 13.2. The standard InChI is InChI=1S/C13H17NO4/c15-9-10-3-1-2-4-11(10)13(18)5-7-14(8-6-13)12(16)17/h1-4,15,18H,5-9H2,(H,16,17). The third-order valence-electron chi connectivity index (χ3n) is 3.55. The molecule has 0 bridgehead atoms. The number of piperidine rings is 1. The van der Waals surface area contributed by atoms with Gasteiger partial charge in [-0.05, 0) is 24.0 Å². The lowest BCUT2D eigenvalue weighted by Crippen LogP contribution is -2.45. The topological polar surface area (TPSA) is 81.0 Å². The lowest BCUT2D eigenvalue weighted by molar-refractivity contribution is -0.0226. The molecule has 1 amide bonds. The van der Waals surface area contributed by atoms with E-state index in [9.17, 15) is 15.0 Å². The fourth-order valence-electron chi connectivity index (χ4n) is 2.45. The molecule has 18 heavy (non-hydrogen) atoms. The Balaban J connectivity index is 2.20. The summed E-state index contributed by atoms with van der Waals surface area (Å²) in [6.07, 6.45) is -0.236. The number of aliphatic hydroxyl groups excluding tert-OH is 1. The van der Waals surface area contributed by atoms with Crippen LogP contribution in [0.1, 0.15) is 24.0 Å². The summed E-state index contributed by atoms with van der Waals surface area (Å²) >= 11 is 0. The molecule has 2 rings (SSSR count). The molecule has 3 N–H and O–H groups in total. The van der Waals surface area contributed by atoms with E-state index in [1.165, 1.54) is 4.90 Å². The van der Waals surface area contributed by atoms with Crippen LogP contribution >= 0.6 is 0 Å². The second-order valence-electron chi connectivity index (χ2n) is 4.62. The Morgan fingerprint density at radius 2 is 1.89 bits per heavy atom. The van der Waals surface area contributed by atoms with Gasteiger partial charge in [0.15, 0.2) is 0 Å². The monoisotopic (exact) mass is 251 g/mol. The average molecular weight is 251 g/mol. The molecule has 0 aromatic heterocycles. The second kappa shape index (κ2) is 4.96. The van der Waals surface area contributed by atoms with Crippen LogP contribution in [-0.2, 0) is 12.2 Å². The summed E-state index contributed by atoms with van der Waals surface area (Å²) in [5, 5.41) is 28.8. The van der Waals surface area contributed by atoms with Gasteiger partial charge in [-0.15, -0.1) is 0 Å². The Morgan fingerprint density at radius 1 is 1.28 bits per heavy atom. The van der Waals surface area contributed by atoms with Crippen LogP contribution in [0.2, 0.25) is 0 Å². The van der Waals surface area contributed by atoms with Crippen molar-refractivity contribution in [1.82, 2.24) is 4.90 Å². The first-order chi connectivity index (χ1) is 8.57. The molecule has 98 valence electrons. The van der Waals surface area contributed by atoms with Gasteiger partial charge >= 0.3 is 6.09 Å². The van der Waals surface area contributed by atoms with Crippen LogP contribution in [0, 0.1) is 0 Å². The lowest BCUT2D eigenvalue weighted by atomic mass is 9.82. The highest BCUT2D eigenvalue weighted by atomic mass is 16.4. The van der Waals surface area contributed by atoms with Crippen molar-refractivity contribution in [1.29, 1.82) is 0 Å². The maximum Gasteiger partial charge on any atom is 0.407 e. The Labute approximate surface area is 105 Å². The van der Waals surface area contributed by atoms with Gasteiger partial charge in [0.1, 0.15) is 0 Å². The average Bonchev–Trinajstić information content (AvgIpc) is 2.39. The van der Waals surface area contributed by atoms with Gasteiger partial charge in [0.2, 0.25) is 0 Å². The number of hydrogen-bond acceptors (Lipinski definition) is 3. The number of aliphatic hydroxyl groups is 2. The zero-order valence-electron chi connectivity index (χ0n) is 10.0. The molecule has 1 aromatic carbocycles. The fraction of sp³-hybridized carbons (Fsp3) is 0.462. The van der Waals surface area contributed by atoms with Gasteiger partial charge in [0, 0.05) is 13.1 Å². The highest BCUT2D eigenvalue weighted by molar-refractivity contribution is 5.65. The first kappa shape index (κ1) is 12.9. The molecule has 1 aromatic rings. The van der Waals surface area contributed by atoms with E-state index in [-0.39, 0.29) is 6.61 Å². The van der Waals surface area contributed by atoms with Crippen molar-refractivity contribution in [3.63, 3.8) is 0 Å². The molecule has 1 heterocycles. The van der Waals surface area contributed by atoms with Gasteiger partial charge in [-0.3, -0.25) is 0 Å². The molecular formula is C13H17NO4. The Hall–Kier alpha value is -1.59. The van der Waals surface area contributed by atoms with Crippen molar-refractivity contribution in [2.45, 2.75) is 25.0 Å². The quantitative estimate of drug-likeness (QED) is 0.736. The van der Waals surface area contributed by atoms with Gasteiger partial charge in [0.05, 0.1) is 12.2 Å². The first-order valence-corrected chi connectivity index (χ1v) is 5.96. The van der Waals surface area contributed by atoms with E-state index >= 15 is 0 Å². The van der Waals surface area contributed by atoms with Gasteiger partial charge in [-0.2, -0.15) is 0 Å². The van der Waals surface area contributed by atoms with Crippen LogP contribution in [-0.4, -0.2) is 39.4 Å². The molecule has 0 saturated carbocycles. The van der Waals surface area contributed by atoms with Gasteiger partial charge in [-0.25, -0.2) is 4.79 Å². The number of carboxylic acid groups (broad SMARTS) is 1. The number of carbonyl (C=O) groups is 1. The summed E-state index contributed by atoms with van der Waals surface area (Å²) in [7, 11) is 0. The van der Waals surface area contributed by atoms with E-state index in [0.717, 1.165) is 0 Å². The summed E-state index contributed by atoms with van der Waals surface area (Å²) in [6, 6.07) is 7.19. The van der Waals surface area contributed by atoms with Crippen LogP contribution in [0.5, 0.6) is 0 Å². The first-order valence-electron chi connectivity index (χ1n) is 5.96. The van der Waals surface area contributed by atoms with Crippen LogP contribution < -0.4 is 0 Å². The Morgan fingerprint density at radius 3 is 2.44 bits per heavy atom. The molecule has 1 fully saturated rings. The molecule has 0 atom stereocenters. The third-order valence-corrected chi connectivity index (χ3v) is 3.55.